The fraction of sp³-hybridized carbons (Fsp3) is 0.443. The van der Waals surface area contributed by atoms with Gasteiger partial charge < -0.3 is 49.5 Å². The van der Waals surface area contributed by atoms with Crippen LogP contribution < -0.4 is 38.6 Å². The van der Waals surface area contributed by atoms with E-state index in [0.717, 1.165) is 41.5 Å². The van der Waals surface area contributed by atoms with E-state index in [-0.39, 0.29) is 72.3 Å². The first-order chi connectivity index (χ1) is 40.9. The number of hydrogen-bond donors (Lipinski definition) is 3. The van der Waals surface area contributed by atoms with Crippen molar-refractivity contribution in [1.82, 2.24) is 15.1 Å². The second kappa shape index (κ2) is 25.6. The summed E-state index contributed by atoms with van der Waals surface area (Å²) in [6, 6.07) is 21.1. The van der Waals surface area contributed by atoms with Gasteiger partial charge in [0.1, 0.15) is 28.0 Å². The van der Waals surface area contributed by atoms with Gasteiger partial charge in [-0.25, -0.2) is 25.4 Å². The number of amides is 4. The fourth-order valence-corrected chi connectivity index (χ4v) is 15.8. The number of methoxy groups -OCH3 is 3. The lowest BCUT2D eigenvalue weighted by Crippen LogP contribution is -2.59. The maximum Gasteiger partial charge on any atom is 0.274 e. The first-order valence-corrected chi connectivity index (χ1v) is 31.9. The Morgan fingerprint density at radius 3 is 2.12 bits per heavy atom. The first-order valence-electron chi connectivity index (χ1n) is 28.3. The fourth-order valence-electron chi connectivity index (χ4n) is 12.1. The molecule has 0 radical (unpaired) electrons. The summed E-state index contributed by atoms with van der Waals surface area (Å²) in [6.45, 7) is 12.7. The van der Waals surface area contributed by atoms with Crippen LogP contribution in [0.15, 0.2) is 107 Å². The van der Waals surface area contributed by atoms with Gasteiger partial charge in [0.05, 0.1) is 75.5 Å². The summed E-state index contributed by atoms with van der Waals surface area (Å²) < 4.78 is 92.9. The topological polar surface area (TPSA) is 263 Å². The highest BCUT2D eigenvalue weighted by Gasteiger charge is 2.61. The third-order valence-corrected chi connectivity index (χ3v) is 20.3. The van der Waals surface area contributed by atoms with Crippen LogP contribution in [0.4, 0.5) is 11.4 Å². The molecule has 10 rings (SSSR count). The Hall–Kier alpha value is -6.70. The lowest BCUT2D eigenvalue weighted by atomic mass is 9.69. The molecular formula is C61H72Cl2N6O15S2. The number of nitrogens with zero attached hydrogens (tertiary/aromatic N) is 4. The molecule has 1 aliphatic carbocycles. The molecule has 5 aromatic rings. The van der Waals surface area contributed by atoms with Gasteiger partial charge in [-0.05, 0) is 145 Å². The molecule has 4 heterocycles. The third-order valence-electron chi connectivity index (χ3n) is 16.2. The van der Waals surface area contributed by atoms with Crippen LogP contribution in [-0.4, -0.2) is 153 Å². The minimum absolute atomic E-state index is 0.0134. The van der Waals surface area contributed by atoms with Gasteiger partial charge in [0.25, 0.3) is 37.8 Å². The Kier molecular flexibility index (Phi) is 19.0. The number of sulfonamides is 2. The van der Waals surface area contributed by atoms with Crippen molar-refractivity contribution in [2.75, 3.05) is 82.5 Å². The minimum Gasteiger partial charge on any atom is -0.495 e. The van der Waals surface area contributed by atoms with Crippen molar-refractivity contribution >= 4 is 78.3 Å². The second-order valence-electron chi connectivity index (χ2n) is 22.6. The van der Waals surface area contributed by atoms with Crippen molar-refractivity contribution in [3.63, 3.8) is 0 Å². The highest BCUT2D eigenvalue weighted by molar-refractivity contribution is 7.93. The zero-order valence-corrected chi connectivity index (χ0v) is 52.1. The van der Waals surface area contributed by atoms with Crippen molar-refractivity contribution < 1.29 is 69.5 Å². The number of carbonyl (C=O) groups excluding carboxylic acids is 4. The number of hydrogen-bond acceptors (Lipinski definition) is 16. The Balaban J connectivity index is 0.000000206. The molecule has 2 saturated heterocycles. The van der Waals surface area contributed by atoms with E-state index < -0.39 is 66.4 Å². The number of morpholine rings is 1. The summed E-state index contributed by atoms with van der Waals surface area (Å²) in [5, 5.41) is 15.8. The standard InChI is InChI=1S/C33H45N3O8S.C28H27Cl2N3O7S/c1-6-43-25-8-9-27-26(22-25)33(13-11-24(12-14-33)44-20-17-35-15-18-42-19-16-35)31(38)36(27)45(39,40)29-10-7-23(21-28(29)41-5)30(37)34-32(2,3)4;1-39-23-12-10-17(15-24(23)40-2)41(37,38)33-21-11-9-16(29)14-19(21)28(36,18-6-3-4-7-20(18)30)25(33)27(35)32-13-5-8-22(32)26(31)34/h7-10,21-22,24H,6,11-20H2,1-5H3,(H,34,37);3-4,6-7,9-12,14-15,22,25,36H,5,8,13H2,1-2H3,(H2,31,34)/t;22-,25-,28+/m.0/s1. The molecular weight excluding hydrogens is 1190 g/mol. The normalized spacial score (nSPS) is 22.2. The molecule has 0 bridgehead atoms. The highest BCUT2D eigenvalue weighted by atomic mass is 35.5. The number of benzene rings is 5. The van der Waals surface area contributed by atoms with Crippen molar-refractivity contribution in [3.8, 4) is 23.0 Å². The quantitative estimate of drug-likeness (QED) is 0.0832. The SMILES string of the molecule is CCOc1ccc2c(c1)C1(CCC(OCCN3CCOCC3)CC1)C(=O)N2S(=O)(=O)c1ccc(C(=O)NC(C)(C)C)cc1OC.COc1ccc(S(=O)(=O)N2c3ccc(Cl)cc3[C@](O)(c3ccccc3Cl)[C@@H]2C(=O)N2CCC[C@H]2C(N)=O)cc1OC. The number of primary amides is 1. The molecule has 86 heavy (non-hydrogen) atoms. The largest absolute Gasteiger partial charge is 0.495 e. The summed E-state index contributed by atoms with van der Waals surface area (Å²) in [5.41, 5.74) is 3.16. The van der Waals surface area contributed by atoms with E-state index in [1.54, 1.807) is 24.3 Å². The first kappa shape index (κ1) is 63.8. The van der Waals surface area contributed by atoms with E-state index in [0.29, 0.717) is 74.5 Å². The summed E-state index contributed by atoms with van der Waals surface area (Å²) in [7, 11) is -4.89. The lowest BCUT2D eigenvalue weighted by molar-refractivity contribution is -0.141. The summed E-state index contributed by atoms with van der Waals surface area (Å²) >= 11 is 12.9. The Bertz CT molecular complexity index is 3630. The maximum atomic E-state index is 14.5. The van der Waals surface area contributed by atoms with Gasteiger partial charge in [-0.1, -0.05) is 41.4 Å². The maximum absolute atomic E-state index is 14.5. The highest BCUT2D eigenvalue weighted by Crippen LogP contribution is 2.55. The van der Waals surface area contributed by atoms with Crippen LogP contribution in [-0.2, 0) is 54.9 Å². The molecule has 4 amide bonds. The zero-order valence-electron chi connectivity index (χ0n) is 49.0. The number of nitrogens with one attached hydrogen (secondary N) is 1. The number of rotatable bonds is 17. The molecule has 5 aromatic carbocycles. The molecule has 0 aromatic heterocycles. The third kappa shape index (κ3) is 12.2. The number of anilines is 2. The van der Waals surface area contributed by atoms with Gasteiger partial charge in [0.2, 0.25) is 5.91 Å². The molecule has 3 fully saturated rings. The van der Waals surface area contributed by atoms with Crippen molar-refractivity contribution in [2.24, 2.45) is 5.73 Å². The Morgan fingerprint density at radius 1 is 0.779 bits per heavy atom. The molecule has 4 aliphatic heterocycles. The van der Waals surface area contributed by atoms with Crippen LogP contribution in [0, 0.1) is 0 Å². The molecule has 1 saturated carbocycles. The average Bonchev–Trinajstić information content (AvgIpc) is 1.73. The van der Waals surface area contributed by atoms with Crippen LogP contribution in [0.3, 0.4) is 0 Å². The number of carbonyl (C=O) groups is 4. The molecule has 5 aliphatic rings. The molecule has 21 nitrogen and oxygen atoms in total. The number of likely N-dealkylation sites (tertiary alicyclic amines) is 1. The van der Waals surface area contributed by atoms with Gasteiger partial charge in [-0.3, -0.25) is 24.1 Å². The monoisotopic (exact) mass is 1260 g/mol. The molecule has 25 heteroatoms. The van der Waals surface area contributed by atoms with Crippen LogP contribution in [0.5, 0.6) is 23.0 Å². The zero-order chi connectivity index (χ0) is 62.1. The van der Waals surface area contributed by atoms with Crippen LogP contribution in [0.1, 0.15) is 93.3 Å². The predicted molar refractivity (Wildman–Crippen MR) is 322 cm³/mol. The van der Waals surface area contributed by atoms with E-state index in [9.17, 15) is 41.1 Å². The summed E-state index contributed by atoms with van der Waals surface area (Å²) in [6.07, 6.45) is 2.92. The Labute approximate surface area is 511 Å². The Morgan fingerprint density at radius 2 is 1.47 bits per heavy atom. The summed E-state index contributed by atoms with van der Waals surface area (Å²) in [5.74, 6) is -1.40. The number of nitrogens with two attached hydrogens (primary N) is 1. The predicted octanol–water partition coefficient (Wildman–Crippen LogP) is 7.19. The molecule has 462 valence electrons. The average molecular weight is 1260 g/mol. The van der Waals surface area contributed by atoms with Gasteiger partial charge in [-0.15, -0.1) is 0 Å². The number of halogens is 2. The van der Waals surface area contributed by atoms with E-state index in [4.69, 9.17) is 57.4 Å². The molecule has 0 unspecified atom stereocenters. The lowest BCUT2D eigenvalue weighted by Gasteiger charge is -2.38. The van der Waals surface area contributed by atoms with Crippen LogP contribution in [0.2, 0.25) is 10.0 Å². The van der Waals surface area contributed by atoms with Crippen molar-refractivity contribution in [3.05, 3.63) is 129 Å². The number of ether oxygens (including phenoxy) is 6. The number of aliphatic hydroxyl groups is 1. The van der Waals surface area contributed by atoms with Gasteiger partial charge in [0.15, 0.2) is 17.5 Å². The van der Waals surface area contributed by atoms with Crippen LogP contribution >= 0.6 is 23.2 Å². The van der Waals surface area contributed by atoms with Crippen LogP contribution in [0.25, 0.3) is 0 Å². The van der Waals surface area contributed by atoms with Gasteiger partial charge in [-0.2, -0.15) is 0 Å². The van der Waals surface area contributed by atoms with Crippen molar-refractivity contribution in [1.29, 1.82) is 0 Å². The minimum atomic E-state index is -4.59. The van der Waals surface area contributed by atoms with Crippen molar-refractivity contribution in [2.45, 2.75) is 111 Å². The van der Waals surface area contributed by atoms with E-state index in [2.05, 4.69) is 10.2 Å². The smallest absolute Gasteiger partial charge is 0.274 e. The molecule has 4 N–H and O–H groups in total. The summed E-state index contributed by atoms with van der Waals surface area (Å²) in [4.78, 5) is 57.1. The van der Waals surface area contributed by atoms with Gasteiger partial charge >= 0.3 is 0 Å². The molecule has 3 atom stereocenters. The van der Waals surface area contributed by atoms with Gasteiger partial charge in [0, 0.05) is 64.5 Å². The van der Waals surface area contributed by atoms with E-state index in [1.165, 1.54) is 93.0 Å². The van der Waals surface area contributed by atoms with E-state index >= 15 is 0 Å². The second-order valence-corrected chi connectivity index (χ2v) is 27.0. The number of fused-ring (bicyclic) bond motifs is 3. The molecule has 1 spiro atoms. The van der Waals surface area contributed by atoms with E-state index in [1.807, 2.05) is 33.8 Å².